The highest BCUT2D eigenvalue weighted by Gasteiger charge is 2.26. The van der Waals surface area contributed by atoms with Crippen LogP contribution in [-0.4, -0.2) is 44.0 Å². The molecule has 6 nitrogen and oxygen atoms in total. The zero-order valence-corrected chi connectivity index (χ0v) is 11.8. The second kappa shape index (κ2) is 5.64. The van der Waals surface area contributed by atoms with Crippen molar-refractivity contribution in [1.29, 1.82) is 0 Å². The van der Waals surface area contributed by atoms with Crippen LogP contribution in [0.4, 0.5) is 0 Å². The molecule has 0 aliphatic carbocycles. The number of sulfonamides is 1. The minimum absolute atomic E-state index is 0.0361. The first kappa shape index (κ1) is 14.5. The van der Waals surface area contributed by atoms with Gasteiger partial charge in [-0.25, -0.2) is 13.2 Å². The second-order valence-corrected chi connectivity index (χ2v) is 6.23. The third-order valence-electron chi connectivity index (χ3n) is 3.03. The lowest BCUT2D eigenvalue weighted by molar-refractivity contribution is 0.0597. The van der Waals surface area contributed by atoms with Crippen molar-refractivity contribution >= 4 is 16.0 Å². The molecule has 0 atom stereocenters. The molecule has 0 saturated heterocycles. The van der Waals surface area contributed by atoms with E-state index in [-0.39, 0.29) is 16.2 Å². The Kier molecular flexibility index (Phi) is 4.10. The van der Waals surface area contributed by atoms with Crippen LogP contribution in [0.5, 0.6) is 5.75 Å². The van der Waals surface area contributed by atoms with Crippen LogP contribution in [-0.2, 0) is 14.8 Å². The predicted molar refractivity (Wildman–Crippen MR) is 72.0 cm³/mol. The largest absolute Gasteiger partial charge is 0.507 e. The molecule has 0 aromatic heterocycles. The zero-order valence-electron chi connectivity index (χ0n) is 10.9. The molecule has 0 fully saturated rings. The molecule has 1 N–H and O–H groups in total. The molecule has 0 amide bonds. The number of ether oxygens (including phenoxy) is 1. The van der Waals surface area contributed by atoms with Crippen LogP contribution >= 0.6 is 0 Å². The molecule has 1 heterocycles. The van der Waals surface area contributed by atoms with Gasteiger partial charge in [0.1, 0.15) is 11.3 Å². The highest BCUT2D eigenvalue weighted by atomic mass is 32.2. The van der Waals surface area contributed by atoms with E-state index in [2.05, 4.69) is 4.74 Å². The number of rotatable bonds is 3. The van der Waals surface area contributed by atoms with Gasteiger partial charge in [0.25, 0.3) is 0 Å². The molecule has 20 heavy (non-hydrogen) atoms. The van der Waals surface area contributed by atoms with Crippen molar-refractivity contribution in [2.75, 3.05) is 20.2 Å². The first-order valence-corrected chi connectivity index (χ1v) is 7.47. The smallest absolute Gasteiger partial charge is 0.341 e. The van der Waals surface area contributed by atoms with E-state index in [0.29, 0.717) is 19.5 Å². The van der Waals surface area contributed by atoms with Crippen LogP contribution in [0.3, 0.4) is 0 Å². The Morgan fingerprint density at radius 2 is 2.10 bits per heavy atom. The van der Waals surface area contributed by atoms with E-state index in [9.17, 15) is 18.3 Å². The molecule has 1 aliphatic heterocycles. The summed E-state index contributed by atoms with van der Waals surface area (Å²) in [5.74, 6) is -1.09. The highest BCUT2D eigenvalue weighted by Crippen LogP contribution is 2.25. The maximum absolute atomic E-state index is 12.4. The number of carbonyl (C=O) groups excluding carboxylic acids is 1. The number of carbonyl (C=O) groups is 1. The monoisotopic (exact) mass is 297 g/mol. The number of nitrogens with zero attached hydrogens (tertiary/aromatic N) is 1. The fourth-order valence-corrected chi connectivity index (χ4v) is 3.37. The van der Waals surface area contributed by atoms with Crippen molar-refractivity contribution in [3.05, 3.63) is 35.9 Å². The maximum atomic E-state index is 12.4. The summed E-state index contributed by atoms with van der Waals surface area (Å²) < 4.78 is 30.7. The summed E-state index contributed by atoms with van der Waals surface area (Å²) in [6, 6.07) is 3.59. The number of hydrogen-bond acceptors (Lipinski definition) is 5. The first-order chi connectivity index (χ1) is 9.46. The molecule has 0 radical (unpaired) electrons. The van der Waals surface area contributed by atoms with Gasteiger partial charge in [-0.3, -0.25) is 0 Å². The van der Waals surface area contributed by atoms with Crippen molar-refractivity contribution in [2.45, 2.75) is 11.3 Å². The van der Waals surface area contributed by atoms with Crippen LogP contribution in [0.15, 0.2) is 35.2 Å². The quantitative estimate of drug-likeness (QED) is 0.668. The van der Waals surface area contributed by atoms with E-state index in [0.717, 1.165) is 6.07 Å². The third kappa shape index (κ3) is 2.68. The predicted octanol–water partition coefficient (Wildman–Crippen LogP) is 1.13. The van der Waals surface area contributed by atoms with Crippen LogP contribution in [0, 0.1) is 0 Å². The molecule has 7 heteroatoms. The fraction of sp³-hybridized carbons (Fsp3) is 0.308. The number of methoxy groups -OCH3 is 1. The number of phenols is 1. The zero-order chi connectivity index (χ0) is 14.8. The lowest BCUT2D eigenvalue weighted by Gasteiger charge is -2.23. The Morgan fingerprint density at radius 1 is 1.35 bits per heavy atom. The molecule has 1 aliphatic rings. The Bertz CT molecular complexity index is 651. The van der Waals surface area contributed by atoms with Gasteiger partial charge in [-0.2, -0.15) is 4.31 Å². The van der Waals surface area contributed by atoms with Crippen molar-refractivity contribution in [3.8, 4) is 5.75 Å². The number of benzene rings is 1. The normalized spacial score (nSPS) is 16.1. The second-order valence-electron chi connectivity index (χ2n) is 4.29. The van der Waals surface area contributed by atoms with Gasteiger partial charge in [0.05, 0.1) is 12.0 Å². The molecule has 2 rings (SSSR count). The van der Waals surface area contributed by atoms with Crippen molar-refractivity contribution in [1.82, 2.24) is 4.31 Å². The van der Waals surface area contributed by atoms with Gasteiger partial charge in [0, 0.05) is 13.1 Å². The summed E-state index contributed by atoms with van der Waals surface area (Å²) in [5, 5.41) is 9.59. The topological polar surface area (TPSA) is 83.9 Å². The van der Waals surface area contributed by atoms with Crippen LogP contribution in [0.2, 0.25) is 0 Å². The summed E-state index contributed by atoms with van der Waals surface area (Å²) in [6.07, 6.45) is 4.35. The lowest BCUT2D eigenvalue weighted by atomic mass is 10.2. The number of hydrogen-bond donors (Lipinski definition) is 1. The van der Waals surface area contributed by atoms with Gasteiger partial charge in [-0.05, 0) is 24.6 Å². The Morgan fingerprint density at radius 3 is 2.70 bits per heavy atom. The molecular weight excluding hydrogens is 282 g/mol. The maximum Gasteiger partial charge on any atom is 0.341 e. The van der Waals surface area contributed by atoms with E-state index in [1.807, 2.05) is 6.08 Å². The van der Waals surface area contributed by atoms with Gasteiger partial charge in [-0.15, -0.1) is 0 Å². The average Bonchev–Trinajstić information content (AvgIpc) is 2.47. The summed E-state index contributed by atoms with van der Waals surface area (Å²) in [5.41, 5.74) is -0.166. The van der Waals surface area contributed by atoms with Gasteiger partial charge in [0.15, 0.2) is 0 Å². The van der Waals surface area contributed by atoms with Crippen molar-refractivity contribution < 1.29 is 23.1 Å². The SMILES string of the molecule is COC(=O)c1cc(S(=O)(=O)N2CC=CCC2)ccc1O. The van der Waals surface area contributed by atoms with Gasteiger partial charge in [0.2, 0.25) is 10.0 Å². The van der Waals surface area contributed by atoms with Crippen LogP contribution in [0.1, 0.15) is 16.8 Å². The Balaban J connectivity index is 2.42. The van der Waals surface area contributed by atoms with E-state index >= 15 is 0 Å². The van der Waals surface area contributed by atoms with E-state index in [1.54, 1.807) is 6.08 Å². The van der Waals surface area contributed by atoms with Crippen LogP contribution in [0.25, 0.3) is 0 Å². The van der Waals surface area contributed by atoms with E-state index in [1.165, 1.54) is 23.5 Å². The van der Waals surface area contributed by atoms with Crippen LogP contribution < -0.4 is 0 Å². The average molecular weight is 297 g/mol. The first-order valence-electron chi connectivity index (χ1n) is 6.03. The standard InChI is InChI=1S/C13H15NO5S/c1-19-13(16)11-9-10(5-6-12(11)15)20(17,18)14-7-3-2-4-8-14/h2-3,5-6,9,15H,4,7-8H2,1H3. The molecule has 0 saturated carbocycles. The molecular formula is C13H15NO5S. The summed E-state index contributed by atoms with van der Waals surface area (Å²) in [7, 11) is -2.51. The molecule has 0 bridgehead atoms. The van der Waals surface area contributed by atoms with E-state index < -0.39 is 16.0 Å². The Hall–Kier alpha value is -1.86. The molecule has 108 valence electrons. The van der Waals surface area contributed by atoms with E-state index in [4.69, 9.17) is 0 Å². The van der Waals surface area contributed by atoms with Gasteiger partial charge >= 0.3 is 5.97 Å². The minimum Gasteiger partial charge on any atom is -0.507 e. The fourth-order valence-electron chi connectivity index (χ4n) is 1.94. The number of phenolic OH excluding ortho intramolecular Hbond substituents is 1. The minimum atomic E-state index is -3.68. The van der Waals surface area contributed by atoms with Gasteiger partial charge < -0.3 is 9.84 Å². The highest BCUT2D eigenvalue weighted by molar-refractivity contribution is 7.89. The Labute approximate surface area is 117 Å². The molecule has 1 aromatic carbocycles. The summed E-state index contributed by atoms with van der Waals surface area (Å²) in [4.78, 5) is 11.5. The summed E-state index contributed by atoms with van der Waals surface area (Å²) >= 11 is 0. The van der Waals surface area contributed by atoms with Crippen molar-refractivity contribution in [3.63, 3.8) is 0 Å². The number of aromatic hydroxyl groups is 1. The molecule has 1 aromatic rings. The molecule has 0 spiro atoms. The lowest BCUT2D eigenvalue weighted by Crippen LogP contribution is -2.33. The molecule has 0 unspecified atom stereocenters. The number of esters is 1. The van der Waals surface area contributed by atoms with Crippen molar-refractivity contribution in [2.24, 2.45) is 0 Å². The van der Waals surface area contributed by atoms with Gasteiger partial charge in [-0.1, -0.05) is 12.2 Å². The third-order valence-corrected chi connectivity index (χ3v) is 4.89. The summed E-state index contributed by atoms with van der Waals surface area (Å²) in [6.45, 7) is 0.698.